The summed E-state index contributed by atoms with van der Waals surface area (Å²) in [5.41, 5.74) is 2.87. The van der Waals surface area contributed by atoms with Gasteiger partial charge in [-0.05, 0) is 63.8 Å². The topological polar surface area (TPSA) is 216 Å². The van der Waals surface area contributed by atoms with Gasteiger partial charge in [-0.2, -0.15) is 0 Å². The van der Waals surface area contributed by atoms with Crippen LogP contribution in [-0.4, -0.2) is 121 Å². The van der Waals surface area contributed by atoms with E-state index in [1.165, 1.54) is 12.1 Å². The lowest BCUT2D eigenvalue weighted by Gasteiger charge is -2.40. The predicted molar refractivity (Wildman–Crippen MR) is 146 cm³/mol. The number of hydrogen-bond acceptors (Lipinski definition) is 13. The Morgan fingerprint density at radius 3 is 1.57 bits per heavy atom. The Labute approximate surface area is 243 Å². The summed E-state index contributed by atoms with van der Waals surface area (Å²) in [4.78, 5) is 13.3. The van der Waals surface area contributed by atoms with Crippen LogP contribution in [0.1, 0.15) is 49.2 Å². The van der Waals surface area contributed by atoms with E-state index in [9.17, 15) is 45.6 Å². The van der Waals surface area contributed by atoms with E-state index in [-0.39, 0.29) is 24.2 Å². The van der Waals surface area contributed by atoms with Crippen molar-refractivity contribution in [2.24, 2.45) is 0 Å². The zero-order chi connectivity index (χ0) is 31.3. The van der Waals surface area contributed by atoms with E-state index < -0.39 is 80.6 Å². The van der Waals surface area contributed by atoms with Gasteiger partial charge < -0.3 is 59.8 Å². The first kappa shape index (κ1) is 34.1. The third-order valence-corrected chi connectivity index (χ3v) is 7.09. The van der Waals surface area contributed by atoms with Crippen molar-refractivity contribution in [2.75, 3.05) is 13.2 Å². The van der Waals surface area contributed by atoms with Crippen molar-refractivity contribution in [3.05, 3.63) is 52.1 Å². The summed E-state index contributed by atoms with van der Waals surface area (Å²) >= 11 is 0. The Kier molecular flexibility index (Phi) is 12.0. The SMILES string of the molecule is CC(C)=CCc1cc(C(=O)O[C@@H]2O[C@H](CO)[C@@H](O)[C@H](O)[C@H]2O)cc(CC=C(C)C)c1O[C@@H]1O[C@H](CO)[C@@H](O)[C@H](O)[C@H]1O. The number of esters is 1. The Morgan fingerprint density at radius 2 is 1.14 bits per heavy atom. The molecule has 42 heavy (non-hydrogen) atoms. The van der Waals surface area contributed by atoms with Gasteiger partial charge in [0.2, 0.25) is 12.6 Å². The minimum Gasteiger partial charge on any atom is -0.461 e. The van der Waals surface area contributed by atoms with Crippen molar-refractivity contribution >= 4 is 5.97 Å². The fourth-order valence-electron chi connectivity index (χ4n) is 4.57. The summed E-state index contributed by atoms with van der Waals surface area (Å²) < 4.78 is 22.3. The molecule has 1 aromatic rings. The summed E-state index contributed by atoms with van der Waals surface area (Å²) in [6, 6.07) is 2.94. The molecule has 236 valence electrons. The van der Waals surface area contributed by atoms with Crippen molar-refractivity contribution in [3.8, 4) is 5.75 Å². The largest absolute Gasteiger partial charge is 0.461 e. The third kappa shape index (κ3) is 7.94. The summed E-state index contributed by atoms with van der Waals surface area (Å²) in [7, 11) is 0. The van der Waals surface area contributed by atoms with Gasteiger partial charge in [0.05, 0.1) is 18.8 Å². The van der Waals surface area contributed by atoms with Crippen LogP contribution in [0.15, 0.2) is 35.4 Å². The highest BCUT2D eigenvalue weighted by atomic mass is 16.7. The minimum absolute atomic E-state index is 0.0300. The number of hydrogen-bond donors (Lipinski definition) is 8. The summed E-state index contributed by atoms with van der Waals surface area (Å²) in [5, 5.41) is 80.5. The molecule has 0 bridgehead atoms. The maximum atomic E-state index is 13.3. The molecule has 0 aliphatic carbocycles. The summed E-state index contributed by atoms with van der Waals surface area (Å²) in [6.45, 7) is 6.17. The van der Waals surface area contributed by atoms with Gasteiger partial charge in [-0.25, -0.2) is 4.79 Å². The van der Waals surface area contributed by atoms with E-state index >= 15 is 0 Å². The van der Waals surface area contributed by atoms with Crippen molar-refractivity contribution in [2.45, 2.75) is 102 Å². The lowest BCUT2D eigenvalue weighted by atomic mass is 9.97. The van der Waals surface area contributed by atoms with E-state index in [4.69, 9.17) is 18.9 Å². The van der Waals surface area contributed by atoms with Crippen molar-refractivity contribution < 1.29 is 64.6 Å². The second kappa shape index (κ2) is 14.8. The molecule has 2 aliphatic rings. The molecular formula is C29H42O13. The van der Waals surface area contributed by atoms with Crippen LogP contribution in [-0.2, 0) is 27.1 Å². The first-order chi connectivity index (χ1) is 19.8. The average molecular weight is 599 g/mol. The van der Waals surface area contributed by atoms with E-state index in [1.54, 1.807) is 0 Å². The number of allylic oxidation sites excluding steroid dienone is 4. The molecule has 2 heterocycles. The quantitative estimate of drug-likeness (QED) is 0.118. The third-order valence-electron chi connectivity index (χ3n) is 7.09. The van der Waals surface area contributed by atoms with Crippen molar-refractivity contribution in [3.63, 3.8) is 0 Å². The molecule has 0 radical (unpaired) electrons. The minimum atomic E-state index is -1.78. The number of aliphatic hydroxyl groups excluding tert-OH is 8. The number of ether oxygens (including phenoxy) is 4. The molecule has 2 aliphatic heterocycles. The fourth-order valence-corrected chi connectivity index (χ4v) is 4.57. The van der Waals surface area contributed by atoms with Gasteiger partial charge >= 0.3 is 5.97 Å². The maximum Gasteiger partial charge on any atom is 0.340 e. The van der Waals surface area contributed by atoms with Gasteiger partial charge in [0.25, 0.3) is 0 Å². The summed E-state index contributed by atoms with van der Waals surface area (Å²) in [5.74, 6) is -0.700. The van der Waals surface area contributed by atoms with E-state index in [0.29, 0.717) is 11.1 Å². The van der Waals surface area contributed by atoms with E-state index in [0.717, 1.165) is 11.1 Å². The molecule has 0 aromatic heterocycles. The Bertz CT molecular complexity index is 1080. The van der Waals surface area contributed by atoms with E-state index in [1.807, 2.05) is 39.8 Å². The van der Waals surface area contributed by atoms with E-state index in [2.05, 4.69) is 0 Å². The van der Waals surface area contributed by atoms with Crippen LogP contribution in [0.4, 0.5) is 0 Å². The Morgan fingerprint density at radius 1 is 0.714 bits per heavy atom. The van der Waals surface area contributed by atoms with Crippen molar-refractivity contribution in [1.29, 1.82) is 0 Å². The number of rotatable bonds is 10. The molecule has 8 N–H and O–H groups in total. The van der Waals surface area contributed by atoms with Crippen LogP contribution in [0, 0.1) is 0 Å². The molecule has 0 spiro atoms. The van der Waals surface area contributed by atoms with Crippen LogP contribution in [0.3, 0.4) is 0 Å². The zero-order valence-corrected chi connectivity index (χ0v) is 24.0. The molecule has 13 nitrogen and oxygen atoms in total. The Hall–Kier alpha value is -2.43. The maximum absolute atomic E-state index is 13.3. The first-order valence-corrected chi connectivity index (χ1v) is 13.7. The molecule has 2 saturated heterocycles. The molecule has 3 rings (SSSR count). The van der Waals surface area contributed by atoms with Gasteiger partial charge in [-0.3, -0.25) is 0 Å². The lowest BCUT2D eigenvalue weighted by molar-refractivity contribution is -0.285. The molecule has 0 saturated carbocycles. The van der Waals surface area contributed by atoms with Gasteiger partial charge in [0.1, 0.15) is 54.6 Å². The van der Waals surface area contributed by atoms with Crippen LogP contribution in [0.2, 0.25) is 0 Å². The monoisotopic (exact) mass is 598 g/mol. The zero-order valence-electron chi connectivity index (χ0n) is 24.0. The predicted octanol–water partition coefficient (Wildman–Crippen LogP) is -1.16. The standard InChI is InChI=1S/C29H42O13/c1-13(2)5-7-15-9-17(27(38)42-29-25(37)23(35)21(33)19(12-31)40-29)10-16(8-6-14(3)4)26(15)41-28-24(36)22(34)20(32)18(11-30)39-28/h5-6,9-10,18-25,28-37H,7-8,11-12H2,1-4H3/t18-,19-,20-,21-,22+,23+,24-,25-,28+,29+/m1/s1. The highest BCUT2D eigenvalue weighted by Gasteiger charge is 2.46. The van der Waals surface area contributed by atoms with Gasteiger partial charge in [-0.15, -0.1) is 0 Å². The van der Waals surface area contributed by atoms with Crippen LogP contribution < -0.4 is 4.74 Å². The second-order valence-corrected chi connectivity index (χ2v) is 11.0. The highest BCUT2D eigenvalue weighted by Crippen LogP contribution is 2.33. The second-order valence-electron chi connectivity index (χ2n) is 11.0. The molecule has 0 amide bonds. The molecular weight excluding hydrogens is 556 g/mol. The fraction of sp³-hybridized carbons (Fsp3) is 0.621. The Balaban J connectivity index is 2.02. The molecule has 0 unspecified atom stereocenters. The molecule has 1 aromatic carbocycles. The normalized spacial score (nSPS) is 33.0. The molecule has 13 heteroatoms. The number of carbonyl (C=O) groups excluding carboxylic acids is 1. The first-order valence-electron chi connectivity index (χ1n) is 13.7. The molecule has 2 fully saturated rings. The lowest BCUT2D eigenvalue weighted by Crippen LogP contribution is -2.60. The van der Waals surface area contributed by atoms with Crippen LogP contribution >= 0.6 is 0 Å². The van der Waals surface area contributed by atoms with Gasteiger partial charge in [0, 0.05) is 0 Å². The van der Waals surface area contributed by atoms with Crippen molar-refractivity contribution in [1.82, 2.24) is 0 Å². The molecule has 10 atom stereocenters. The highest BCUT2D eigenvalue weighted by molar-refractivity contribution is 5.90. The number of carbonyl (C=O) groups is 1. The van der Waals surface area contributed by atoms with Crippen LogP contribution in [0.25, 0.3) is 0 Å². The van der Waals surface area contributed by atoms with Crippen LogP contribution in [0.5, 0.6) is 5.75 Å². The number of benzene rings is 1. The smallest absolute Gasteiger partial charge is 0.340 e. The van der Waals surface area contributed by atoms with Gasteiger partial charge in [0.15, 0.2) is 0 Å². The average Bonchev–Trinajstić information content (AvgIpc) is 2.95. The number of aliphatic hydroxyl groups is 8. The summed E-state index contributed by atoms with van der Waals surface area (Å²) in [6.07, 6.45) is -11.4. The van der Waals surface area contributed by atoms with Gasteiger partial charge in [-0.1, -0.05) is 23.3 Å².